The van der Waals surface area contributed by atoms with Crippen LogP contribution in [0.15, 0.2) is 4.99 Å². The van der Waals surface area contributed by atoms with Crippen molar-refractivity contribution < 1.29 is 9.59 Å². The highest BCUT2D eigenvalue weighted by Crippen LogP contribution is 2.28. The van der Waals surface area contributed by atoms with Crippen molar-refractivity contribution in [3.8, 4) is 0 Å². The van der Waals surface area contributed by atoms with Crippen LogP contribution in [0.25, 0.3) is 0 Å². The summed E-state index contributed by atoms with van der Waals surface area (Å²) in [5, 5.41) is 3.36. The molecule has 152 valence electrons. The van der Waals surface area contributed by atoms with E-state index in [1.165, 1.54) is 63.1 Å². The Hall–Kier alpha value is -1.04. The molecule has 0 aromatic heterocycles. The Morgan fingerprint density at radius 1 is 1.04 bits per heavy atom. The van der Waals surface area contributed by atoms with Crippen LogP contribution in [0.3, 0.4) is 0 Å². The zero-order chi connectivity index (χ0) is 19.1. The molecule has 6 heteroatoms. The normalized spacial score (nSPS) is 27.2. The number of carbonyl (C=O) groups is 2. The van der Waals surface area contributed by atoms with E-state index in [0.717, 1.165) is 37.4 Å². The van der Waals surface area contributed by atoms with Gasteiger partial charge in [0.25, 0.3) is 0 Å². The average Bonchev–Trinajstić information content (AvgIpc) is 2.98. The van der Waals surface area contributed by atoms with E-state index in [9.17, 15) is 9.59 Å². The molecule has 3 rings (SSSR count). The maximum atomic E-state index is 12.8. The lowest BCUT2D eigenvalue weighted by atomic mass is 9.94. The third-order valence-corrected chi connectivity index (χ3v) is 7.28. The number of thioether (sulfide) groups is 1. The lowest BCUT2D eigenvalue weighted by molar-refractivity contribution is -0.135. The Balaban J connectivity index is 1.54. The summed E-state index contributed by atoms with van der Waals surface area (Å²) in [6, 6.07) is 0.700. The topological polar surface area (TPSA) is 61.8 Å². The number of nitrogens with one attached hydrogen (secondary N) is 1. The van der Waals surface area contributed by atoms with Crippen LogP contribution < -0.4 is 5.32 Å². The van der Waals surface area contributed by atoms with Gasteiger partial charge in [-0.1, -0.05) is 63.1 Å². The highest BCUT2D eigenvalue weighted by Gasteiger charge is 2.35. The maximum absolute atomic E-state index is 12.8. The number of amides is 2. The van der Waals surface area contributed by atoms with Gasteiger partial charge in [-0.15, -0.1) is 0 Å². The molecule has 3 fully saturated rings. The molecule has 27 heavy (non-hydrogen) atoms. The fourth-order valence-corrected chi connectivity index (χ4v) is 5.67. The van der Waals surface area contributed by atoms with Crippen molar-refractivity contribution in [1.29, 1.82) is 0 Å². The Kier molecular flexibility index (Phi) is 8.04. The predicted molar refractivity (Wildman–Crippen MR) is 112 cm³/mol. The van der Waals surface area contributed by atoms with Crippen LogP contribution in [0.4, 0.5) is 0 Å². The highest BCUT2D eigenvalue weighted by atomic mass is 32.2. The molecule has 2 amide bonds. The first-order chi connectivity index (χ1) is 13.2. The number of carbonyl (C=O) groups excluding carboxylic acids is 2. The summed E-state index contributed by atoms with van der Waals surface area (Å²) >= 11 is 1.47. The van der Waals surface area contributed by atoms with Gasteiger partial charge in [0, 0.05) is 19.0 Å². The third kappa shape index (κ3) is 5.97. The molecule has 1 N–H and O–H groups in total. The lowest BCUT2D eigenvalue weighted by Gasteiger charge is -2.34. The van der Waals surface area contributed by atoms with E-state index >= 15 is 0 Å². The van der Waals surface area contributed by atoms with Gasteiger partial charge in [-0.3, -0.25) is 14.6 Å². The van der Waals surface area contributed by atoms with Crippen molar-refractivity contribution in [2.45, 2.75) is 108 Å². The van der Waals surface area contributed by atoms with E-state index < -0.39 is 0 Å². The van der Waals surface area contributed by atoms with E-state index in [0.29, 0.717) is 18.5 Å². The second-order valence-corrected chi connectivity index (χ2v) is 9.40. The second kappa shape index (κ2) is 10.5. The fourth-order valence-electron chi connectivity index (χ4n) is 4.64. The molecule has 2 aliphatic carbocycles. The Labute approximate surface area is 168 Å². The summed E-state index contributed by atoms with van der Waals surface area (Å²) in [4.78, 5) is 32.1. The molecular weight excluding hydrogens is 358 g/mol. The minimum Gasteiger partial charge on any atom is -0.340 e. The van der Waals surface area contributed by atoms with Gasteiger partial charge in [0.05, 0.1) is 6.04 Å². The molecule has 3 aliphatic rings. The first kappa shape index (κ1) is 20.7. The SMILES string of the molecule is CCN(C(=O)CC1SC(=NC2CCCCCCC2)NC1=O)C1CCCCC1. The fraction of sp³-hybridized carbons (Fsp3) is 0.857. The molecule has 1 saturated heterocycles. The van der Waals surface area contributed by atoms with Crippen molar-refractivity contribution in [3.63, 3.8) is 0 Å². The van der Waals surface area contributed by atoms with Crippen LogP contribution in [-0.4, -0.2) is 45.8 Å². The Morgan fingerprint density at radius 2 is 1.63 bits per heavy atom. The maximum Gasteiger partial charge on any atom is 0.240 e. The van der Waals surface area contributed by atoms with Crippen LogP contribution in [0.1, 0.15) is 90.4 Å². The largest absolute Gasteiger partial charge is 0.340 e. The Bertz CT molecular complexity index is 538. The van der Waals surface area contributed by atoms with E-state index in [1.807, 2.05) is 4.90 Å². The van der Waals surface area contributed by atoms with Crippen LogP contribution in [0, 0.1) is 0 Å². The van der Waals surface area contributed by atoms with Gasteiger partial charge in [0.15, 0.2) is 5.17 Å². The third-order valence-electron chi connectivity index (χ3n) is 6.19. The average molecular weight is 394 g/mol. The van der Waals surface area contributed by atoms with Gasteiger partial charge < -0.3 is 10.2 Å². The number of hydrogen-bond acceptors (Lipinski definition) is 4. The zero-order valence-electron chi connectivity index (χ0n) is 16.8. The molecule has 0 aromatic carbocycles. The van der Waals surface area contributed by atoms with Crippen molar-refractivity contribution in [1.82, 2.24) is 10.2 Å². The molecule has 1 aliphatic heterocycles. The summed E-state index contributed by atoms with van der Waals surface area (Å²) in [5.41, 5.74) is 0. The van der Waals surface area contributed by atoms with E-state index in [1.54, 1.807) is 0 Å². The van der Waals surface area contributed by atoms with Gasteiger partial charge in [-0.2, -0.15) is 0 Å². The van der Waals surface area contributed by atoms with Crippen LogP contribution in [0.5, 0.6) is 0 Å². The van der Waals surface area contributed by atoms with E-state index in [4.69, 9.17) is 4.99 Å². The predicted octanol–water partition coefficient (Wildman–Crippen LogP) is 4.26. The summed E-state index contributed by atoms with van der Waals surface area (Å²) in [6.45, 7) is 2.79. The van der Waals surface area contributed by atoms with Crippen LogP contribution in [-0.2, 0) is 9.59 Å². The van der Waals surface area contributed by atoms with Crippen LogP contribution >= 0.6 is 11.8 Å². The first-order valence-corrected chi connectivity index (χ1v) is 11.9. The van der Waals surface area contributed by atoms with Gasteiger partial charge >= 0.3 is 0 Å². The van der Waals surface area contributed by atoms with Crippen molar-refractivity contribution in [3.05, 3.63) is 0 Å². The minimum atomic E-state index is -0.317. The number of amidine groups is 1. The zero-order valence-corrected chi connectivity index (χ0v) is 17.6. The molecule has 5 nitrogen and oxygen atoms in total. The number of hydrogen-bond donors (Lipinski definition) is 1. The highest BCUT2D eigenvalue weighted by molar-refractivity contribution is 8.15. The molecule has 2 saturated carbocycles. The monoisotopic (exact) mass is 393 g/mol. The molecule has 0 radical (unpaired) electrons. The lowest BCUT2D eigenvalue weighted by Crippen LogP contribution is -2.43. The minimum absolute atomic E-state index is 0.0439. The molecule has 0 aromatic rings. The van der Waals surface area contributed by atoms with Gasteiger partial charge in [-0.25, -0.2) is 0 Å². The van der Waals surface area contributed by atoms with Crippen molar-refractivity contribution in [2.24, 2.45) is 4.99 Å². The van der Waals surface area contributed by atoms with E-state index in [-0.39, 0.29) is 17.1 Å². The van der Waals surface area contributed by atoms with Crippen molar-refractivity contribution >= 4 is 28.7 Å². The summed E-state index contributed by atoms with van der Waals surface area (Å²) < 4.78 is 0. The van der Waals surface area contributed by atoms with E-state index in [2.05, 4.69) is 12.2 Å². The summed E-state index contributed by atoms with van der Waals surface area (Å²) in [6.07, 6.45) is 14.9. The molecule has 0 bridgehead atoms. The van der Waals surface area contributed by atoms with Crippen LogP contribution in [0.2, 0.25) is 0 Å². The van der Waals surface area contributed by atoms with Gasteiger partial charge in [0.2, 0.25) is 11.8 Å². The number of rotatable bonds is 5. The Morgan fingerprint density at radius 3 is 2.30 bits per heavy atom. The molecule has 1 heterocycles. The molecular formula is C21H35N3O2S. The molecule has 0 spiro atoms. The number of aliphatic imine (C=N–C) groups is 1. The standard InChI is InChI=1S/C21H35N3O2S/c1-2-24(17-13-9-6-10-14-17)19(25)15-18-20(26)23-21(27-18)22-16-11-7-4-3-5-8-12-16/h16-18H,2-15H2,1H3,(H,22,23,26). The summed E-state index contributed by atoms with van der Waals surface area (Å²) in [7, 11) is 0. The molecule has 1 atom stereocenters. The smallest absolute Gasteiger partial charge is 0.240 e. The number of nitrogens with zero attached hydrogens (tertiary/aromatic N) is 2. The summed E-state index contributed by atoms with van der Waals surface area (Å²) in [5.74, 6) is 0.0851. The molecule has 1 unspecified atom stereocenters. The van der Waals surface area contributed by atoms with Gasteiger partial charge in [-0.05, 0) is 32.6 Å². The quantitative estimate of drug-likeness (QED) is 0.759. The first-order valence-electron chi connectivity index (χ1n) is 11.0. The second-order valence-electron chi connectivity index (χ2n) is 8.20. The van der Waals surface area contributed by atoms with Crippen molar-refractivity contribution in [2.75, 3.05) is 6.54 Å². The van der Waals surface area contributed by atoms with Gasteiger partial charge in [0.1, 0.15) is 5.25 Å².